The summed E-state index contributed by atoms with van der Waals surface area (Å²) in [5.41, 5.74) is -0.0592. The highest BCUT2D eigenvalue weighted by atomic mass is 79.9. The summed E-state index contributed by atoms with van der Waals surface area (Å²) >= 11 is 8.94. The van der Waals surface area contributed by atoms with Crippen molar-refractivity contribution in [3.05, 3.63) is 23.1 Å². The number of carbonyl (C=O) groups is 1. The number of rotatable bonds is 3. The van der Waals surface area contributed by atoms with Gasteiger partial charge in [-0.25, -0.2) is 0 Å². The maximum Gasteiger partial charge on any atom is 0.287 e. The second-order valence-corrected chi connectivity index (χ2v) is 4.41. The van der Waals surface area contributed by atoms with Crippen LogP contribution in [0.2, 0.25) is 5.22 Å². The second-order valence-electron chi connectivity index (χ2n) is 3.47. The molecule has 0 aromatic carbocycles. The molecular formula is C9H9BrClNO2. The van der Waals surface area contributed by atoms with Crippen LogP contribution >= 0.6 is 27.5 Å². The fraction of sp³-hybridized carbons (Fsp3) is 0.444. The molecule has 3 nitrogen and oxygen atoms in total. The van der Waals surface area contributed by atoms with Crippen LogP contribution in [-0.4, -0.2) is 16.8 Å². The smallest absolute Gasteiger partial charge is 0.287 e. The van der Waals surface area contributed by atoms with E-state index in [4.69, 9.17) is 16.0 Å². The van der Waals surface area contributed by atoms with Crippen LogP contribution in [0.1, 0.15) is 23.4 Å². The molecular weight excluding hydrogens is 269 g/mol. The molecule has 1 amide bonds. The number of amides is 1. The fourth-order valence-corrected chi connectivity index (χ4v) is 2.03. The summed E-state index contributed by atoms with van der Waals surface area (Å²) in [6, 6.07) is 3.13. The van der Waals surface area contributed by atoms with Gasteiger partial charge in [-0.05, 0) is 36.6 Å². The molecule has 1 saturated carbocycles. The average molecular weight is 279 g/mol. The highest BCUT2D eigenvalue weighted by Crippen LogP contribution is 2.37. The Hall–Kier alpha value is -0.480. The third kappa shape index (κ3) is 1.96. The van der Waals surface area contributed by atoms with Gasteiger partial charge < -0.3 is 9.73 Å². The lowest BCUT2D eigenvalue weighted by molar-refractivity contribution is 0.0908. The molecule has 0 radical (unpaired) electrons. The second kappa shape index (κ2) is 3.59. The van der Waals surface area contributed by atoms with Crippen LogP contribution in [0.5, 0.6) is 0 Å². The summed E-state index contributed by atoms with van der Waals surface area (Å²) in [5, 5.41) is 3.92. The number of nitrogens with one attached hydrogen (secondary N) is 1. The van der Waals surface area contributed by atoms with Crippen molar-refractivity contribution >= 4 is 33.4 Å². The lowest BCUT2D eigenvalue weighted by atomic mass is 10.3. The van der Waals surface area contributed by atoms with E-state index in [1.807, 2.05) is 0 Å². The molecule has 1 aromatic heterocycles. The Morgan fingerprint density at radius 1 is 1.64 bits per heavy atom. The number of carbonyl (C=O) groups excluding carboxylic acids is 1. The van der Waals surface area contributed by atoms with Crippen LogP contribution in [-0.2, 0) is 0 Å². The number of furan rings is 1. The standard InChI is InChI=1S/C9H9BrClNO2/c10-5-9(3-4-9)12-8(13)6-1-2-7(11)14-6/h1-2H,3-5H2,(H,12,13). The molecule has 1 aromatic rings. The van der Waals surface area contributed by atoms with Crippen molar-refractivity contribution in [3.8, 4) is 0 Å². The molecule has 0 spiro atoms. The minimum absolute atomic E-state index is 0.0592. The maximum atomic E-state index is 11.6. The van der Waals surface area contributed by atoms with Crippen LogP contribution < -0.4 is 5.32 Å². The summed E-state index contributed by atoms with van der Waals surface area (Å²) in [7, 11) is 0. The largest absolute Gasteiger partial charge is 0.440 e. The van der Waals surface area contributed by atoms with E-state index in [1.165, 1.54) is 0 Å². The van der Waals surface area contributed by atoms with Crippen molar-refractivity contribution in [3.63, 3.8) is 0 Å². The van der Waals surface area contributed by atoms with E-state index in [1.54, 1.807) is 12.1 Å². The van der Waals surface area contributed by atoms with Crippen molar-refractivity contribution in [2.75, 3.05) is 5.33 Å². The molecule has 1 N–H and O–H groups in total. The first-order chi connectivity index (χ1) is 6.65. The van der Waals surface area contributed by atoms with Gasteiger partial charge in [0.15, 0.2) is 11.0 Å². The normalized spacial score (nSPS) is 17.9. The molecule has 0 atom stereocenters. The van der Waals surface area contributed by atoms with Gasteiger partial charge in [-0.2, -0.15) is 0 Å². The first kappa shape index (κ1) is 10.1. The molecule has 5 heteroatoms. The molecule has 14 heavy (non-hydrogen) atoms. The molecule has 2 rings (SSSR count). The zero-order valence-electron chi connectivity index (χ0n) is 7.35. The number of halogens is 2. The monoisotopic (exact) mass is 277 g/mol. The summed E-state index contributed by atoms with van der Waals surface area (Å²) in [4.78, 5) is 11.6. The number of hydrogen-bond donors (Lipinski definition) is 1. The van der Waals surface area contributed by atoms with E-state index in [9.17, 15) is 4.79 Å². The van der Waals surface area contributed by atoms with Crippen LogP contribution in [0.15, 0.2) is 16.5 Å². The third-order valence-electron chi connectivity index (χ3n) is 2.29. The van der Waals surface area contributed by atoms with E-state index in [0.717, 1.165) is 18.2 Å². The first-order valence-corrected chi connectivity index (χ1v) is 5.79. The van der Waals surface area contributed by atoms with Gasteiger partial charge in [0.1, 0.15) is 0 Å². The van der Waals surface area contributed by atoms with Gasteiger partial charge in [-0.15, -0.1) is 0 Å². The maximum absolute atomic E-state index is 11.6. The first-order valence-electron chi connectivity index (χ1n) is 4.29. The summed E-state index contributed by atoms with van der Waals surface area (Å²) in [6.45, 7) is 0. The SMILES string of the molecule is O=C(NC1(CBr)CC1)c1ccc(Cl)o1. The minimum atomic E-state index is -0.200. The topological polar surface area (TPSA) is 42.2 Å². The lowest BCUT2D eigenvalue weighted by Crippen LogP contribution is -2.37. The highest BCUT2D eigenvalue weighted by molar-refractivity contribution is 9.09. The van der Waals surface area contributed by atoms with Crippen molar-refractivity contribution in [1.82, 2.24) is 5.32 Å². The minimum Gasteiger partial charge on any atom is -0.440 e. The van der Waals surface area contributed by atoms with Gasteiger partial charge in [-0.3, -0.25) is 4.79 Å². The molecule has 0 saturated heterocycles. The molecule has 0 unspecified atom stereocenters. The number of hydrogen-bond acceptors (Lipinski definition) is 2. The fourth-order valence-electron chi connectivity index (χ4n) is 1.18. The number of alkyl halides is 1. The van der Waals surface area contributed by atoms with Gasteiger partial charge in [0, 0.05) is 5.33 Å². The Morgan fingerprint density at radius 3 is 2.79 bits per heavy atom. The van der Waals surface area contributed by atoms with Crippen molar-refractivity contribution in [1.29, 1.82) is 0 Å². The molecule has 0 bridgehead atoms. The molecule has 1 aliphatic rings. The molecule has 1 aliphatic carbocycles. The Kier molecular flexibility index (Phi) is 2.58. The van der Waals surface area contributed by atoms with Crippen LogP contribution in [0.4, 0.5) is 0 Å². The average Bonchev–Trinajstić information content (AvgIpc) is 2.80. The molecule has 76 valence electrons. The zero-order chi connectivity index (χ0) is 10.2. The van der Waals surface area contributed by atoms with Gasteiger partial charge in [0.2, 0.25) is 0 Å². The van der Waals surface area contributed by atoms with Gasteiger partial charge >= 0.3 is 0 Å². The van der Waals surface area contributed by atoms with Crippen LogP contribution in [0.25, 0.3) is 0 Å². The van der Waals surface area contributed by atoms with Gasteiger partial charge in [-0.1, -0.05) is 15.9 Å². The highest BCUT2D eigenvalue weighted by Gasteiger charge is 2.43. The summed E-state index contributed by atoms with van der Waals surface area (Å²) in [5.74, 6) is 0.0658. The Morgan fingerprint density at radius 2 is 2.36 bits per heavy atom. The predicted molar refractivity (Wildman–Crippen MR) is 56.9 cm³/mol. The molecule has 1 fully saturated rings. The van der Waals surface area contributed by atoms with E-state index >= 15 is 0 Å². The zero-order valence-corrected chi connectivity index (χ0v) is 9.69. The Balaban J connectivity index is 2.03. The predicted octanol–water partition coefficient (Wildman–Crippen LogP) is 2.59. The summed E-state index contributed by atoms with van der Waals surface area (Å²) in [6.07, 6.45) is 2.02. The van der Waals surface area contributed by atoms with Crippen LogP contribution in [0, 0.1) is 0 Å². The lowest BCUT2D eigenvalue weighted by Gasteiger charge is -2.12. The Labute approximate surface area is 94.9 Å². The van der Waals surface area contributed by atoms with Crippen molar-refractivity contribution in [2.24, 2.45) is 0 Å². The van der Waals surface area contributed by atoms with E-state index in [-0.39, 0.29) is 22.4 Å². The van der Waals surface area contributed by atoms with E-state index in [2.05, 4.69) is 21.2 Å². The van der Waals surface area contributed by atoms with Crippen molar-refractivity contribution < 1.29 is 9.21 Å². The van der Waals surface area contributed by atoms with Crippen molar-refractivity contribution in [2.45, 2.75) is 18.4 Å². The summed E-state index contributed by atoms with van der Waals surface area (Å²) < 4.78 is 5.00. The van der Waals surface area contributed by atoms with Gasteiger partial charge in [0.25, 0.3) is 5.91 Å². The quantitative estimate of drug-likeness (QED) is 0.864. The van der Waals surface area contributed by atoms with Crippen LogP contribution in [0.3, 0.4) is 0 Å². The van der Waals surface area contributed by atoms with E-state index in [0.29, 0.717) is 0 Å². The van der Waals surface area contributed by atoms with Gasteiger partial charge in [0.05, 0.1) is 5.54 Å². The third-order valence-corrected chi connectivity index (χ3v) is 3.56. The molecule has 1 heterocycles. The Bertz CT molecular complexity index is 359. The molecule has 0 aliphatic heterocycles. The van der Waals surface area contributed by atoms with E-state index < -0.39 is 0 Å².